The van der Waals surface area contributed by atoms with E-state index in [4.69, 9.17) is 9.47 Å². The summed E-state index contributed by atoms with van der Waals surface area (Å²) in [5.74, 6) is 0.752. The summed E-state index contributed by atoms with van der Waals surface area (Å²) in [5.41, 5.74) is 0.645. The van der Waals surface area contributed by atoms with Gasteiger partial charge in [0.05, 0.1) is 7.11 Å². The summed E-state index contributed by atoms with van der Waals surface area (Å²) in [6.45, 7) is 6.66. The van der Waals surface area contributed by atoms with Crippen molar-refractivity contribution < 1.29 is 19.1 Å². The first-order valence-electron chi connectivity index (χ1n) is 9.70. The van der Waals surface area contributed by atoms with Crippen LogP contribution in [0.5, 0.6) is 5.75 Å². The molecule has 1 aliphatic rings. The fraction of sp³-hybridized carbons (Fsp3) is 0.619. The van der Waals surface area contributed by atoms with Crippen molar-refractivity contribution in [1.82, 2.24) is 10.2 Å². The van der Waals surface area contributed by atoms with Crippen molar-refractivity contribution in [1.29, 1.82) is 0 Å². The van der Waals surface area contributed by atoms with Crippen molar-refractivity contribution in [3.05, 3.63) is 29.8 Å². The third-order valence-corrected chi connectivity index (χ3v) is 4.53. The highest BCUT2D eigenvalue weighted by atomic mass is 16.6. The van der Waals surface area contributed by atoms with Crippen LogP contribution in [-0.4, -0.2) is 48.7 Å². The van der Waals surface area contributed by atoms with Gasteiger partial charge >= 0.3 is 6.09 Å². The number of carbonyl (C=O) groups is 2. The molecule has 150 valence electrons. The Bertz CT molecular complexity index is 622. The zero-order valence-electron chi connectivity index (χ0n) is 16.9. The van der Waals surface area contributed by atoms with Gasteiger partial charge in [-0.05, 0) is 70.6 Å². The Morgan fingerprint density at radius 3 is 2.52 bits per heavy atom. The Morgan fingerprint density at radius 2 is 1.89 bits per heavy atom. The molecule has 0 aromatic heterocycles. The summed E-state index contributed by atoms with van der Waals surface area (Å²) in [5, 5.41) is 2.98. The number of methoxy groups -OCH3 is 1. The molecule has 1 heterocycles. The average Bonchev–Trinajstić information content (AvgIpc) is 2.64. The minimum atomic E-state index is -0.562. The molecule has 1 aromatic rings. The maximum atomic E-state index is 12.6. The first-order valence-corrected chi connectivity index (χ1v) is 9.70. The molecule has 0 spiro atoms. The molecule has 1 aliphatic heterocycles. The van der Waals surface area contributed by atoms with Crippen molar-refractivity contribution in [2.24, 2.45) is 0 Å². The van der Waals surface area contributed by atoms with Gasteiger partial charge in [0, 0.05) is 13.1 Å². The number of nitrogens with one attached hydrogen (secondary N) is 1. The zero-order chi connectivity index (χ0) is 19.9. The largest absolute Gasteiger partial charge is 0.497 e. The first kappa shape index (κ1) is 21.1. The van der Waals surface area contributed by atoms with E-state index in [1.54, 1.807) is 12.0 Å². The zero-order valence-corrected chi connectivity index (χ0v) is 16.9. The number of likely N-dealkylation sites (tertiary alicyclic amines) is 1. The van der Waals surface area contributed by atoms with E-state index in [0.717, 1.165) is 31.4 Å². The Morgan fingerprint density at radius 1 is 1.19 bits per heavy atom. The molecule has 2 amide bonds. The summed E-state index contributed by atoms with van der Waals surface area (Å²) < 4.78 is 10.6. The van der Waals surface area contributed by atoms with Crippen molar-refractivity contribution in [2.45, 2.75) is 64.5 Å². The number of amides is 2. The van der Waals surface area contributed by atoms with Gasteiger partial charge in [-0.15, -0.1) is 0 Å². The van der Waals surface area contributed by atoms with Gasteiger partial charge in [-0.1, -0.05) is 12.1 Å². The van der Waals surface area contributed by atoms with Gasteiger partial charge in [-0.2, -0.15) is 0 Å². The van der Waals surface area contributed by atoms with Crippen LogP contribution in [0.25, 0.3) is 0 Å². The molecular weight excluding hydrogens is 344 g/mol. The van der Waals surface area contributed by atoms with Gasteiger partial charge in [0.2, 0.25) is 5.91 Å². The van der Waals surface area contributed by atoms with E-state index in [1.165, 1.54) is 5.56 Å². The number of rotatable bonds is 6. The summed E-state index contributed by atoms with van der Waals surface area (Å²) in [6, 6.07) is 7.51. The van der Waals surface area contributed by atoms with E-state index in [1.807, 2.05) is 45.0 Å². The molecule has 1 aromatic carbocycles. The van der Waals surface area contributed by atoms with Crippen molar-refractivity contribution >= 4 is 12.0 Å². The standard InChI is InChI=1S/C21H32N2O4/c1-21(2,3)27-20(25)23-15-6-5-9-18(23)19(24)22-14-7-8-16-10-12-17(26-4)13-11-16/h10-13,18H,5-9,14-15H2,1-4H3,(H,22,24). The van der Waals surface area contributed by atoms with Crippen LogP contribution >= 0.6 is 0 Å². The molecule has 0 aliphatic carbocycles. The highest BCUT2D eigenvalue weighted by Gasteiger charge is 2.34. The SMILES string of the molecule is COc1ccc(CCCNC(=O)C2CCCCN2C(=O)OC(C)(C)C)cc1. The van der Waals surface area contributed by atoms with Gasteiger partial charge in [-0.25, -0.2) is 4.79 Å². The van der Waals surface area contributed by atoms with Crippen LogP contribution in [0.3, 0.4) is 0 Å². The Labute approximate surface area is 162 Å². The first-order chi connectivity index (χ1) is 12.8. The highest BCUT2D eigenvalue weighted by Crippen LogP contribution is 2.20. The molecule has 27 heavy (non-hydrogen) atoms. The molecule has 1 saturated heterocycles. The quantitative estimate of drug-likeness (QED) is 0.771. The third kappa shape index (κ3) is 6.77. The Hall–Kier alpha value is -2.24. The maximum Gasteiger partial charge on any atom is 0.410 e. The Kier molecular flexibility index (Phi) is 7.51. The summed E-state index contributed by atoms with van der Waals surface area (Å²) in [7, 11) is 1.65. The number of ether oxygens (including phenoxy) is 2. The topological polar surface area (TPSA) is 67.9 Å². The second-order valence-corrected chi connectivity index (χ2v) is 7.93. The number of aryl methyl sites for hydroxylation is 1. The molecule has 6 heteroatoms. The molecule has 6 nitrogen and oxygen atoms in total. The smallest absolute Gasteiger partial charge is 0.410 e. The third-order valence-electron chi connectivity index (χ3n) is 4.53. The fourth-order valence-electron chi connectivity index (χ4n) is 3.16. The lowest BCUT2D eigenvalue weighted by Crippen LogP contribution is -2.53. The van der Waals surface area contributed by atoms with Crippen molar-refractivity contribution in [2.75, 3.05) is 20.2 Å². The van der Waals surface area contributed by atoms with Gasteiger partial charge in [0.25, 0.3) is 0 Å². The molecule has 0 saturated carbocycles. The van der Waals surface area contributed by atoms with Crippen LogP contribution in [0.2, 0.25) is 0 Å². The molecule has 1 N–H and O–H groups in total. The van der Waals surface area contributed by atoms with Crippen LogP contribution in [0, 0.1) is 0 Å². The highest BCUT2D eigenvalue weighted by molar-refractivity contribution is 5.85. The van der Waals surface area contributed by atoms with E-state index in [2.05, 4.69) is 5.32 Å². The molecule has 0 bridgehead atoms. The predicted octanol–water partition coefficient (Wildman–Crippen LogP) is 3.53. The summed E-state index contributed by atoms with van der Waals surface area (Å²) in [6.07, 6.45) is 3.86. The lowest BCUT2D eigenvalue weighted by Gasteiger charge is -2.35. The fourth-order valence-corrected chi connectivity index (χ4v) is 3.16. The molecule has 1 atom stereocenters. The van der Waals surface area contributed by atoms with E-state index < -0.39 is 17.7 Å². The van der Waals surface area contributed by atoms with Gasteiger partial charge in [0.1, 0.15) is 17.4 Å². The van der Waals surface area contributed by atoms with E-state index in [9.17, 15) is 9.59 Å². The molecule has 1 fully saturated rings. The van der Waals surface area contributed by atoms with Crippen LogP contribution in [-0.2, 0) is 16.0 Å². The number of benzene rings is 1. The number of nitrogens with zero attached hydrogens (tertiary/aromatic N) is 1. The van der Waals surface area contributed by atoms with Crippen LogP contribution < -0.4 is 10.1 Å². The average molecular weight is 376 g/mol. The number of hydrogen-bond acceptors (Lipinski definition) is 4. The normalized spacial score (nSPS) is 17.3. The predicted molar refractivity (Wildman–Crippen MR) is 105 cm³/mol. The van der Waals surface area contributed by atoms with Crippen LogP contribution in [0.1, 0.15) is 52.0 Å². The van der Waals surface area contributed by atoms with Gasteiger partial charge < -0.3 is 14.8 Å². The van der Waals surface area contributed by atoms with E-state index in [0.29, 0.717) is 19.5 Å². The Balaban J connectivity index is 1.80. The second-order valence-electron chi connectivity index (χ2n) is 7.93. The number of piperidine rings is 1. The minimum absolute atomic E-state index is 0.0877. The van der Waals surface area contributed by atoms with Crippen molar-refractivity contribution in [3.8, 4) is 5.75 Å². The minimum Gasteiger partial charge on any atom is -0.497 e. The molecular formula is C21H32N2O4. The number of carbonyl (C=O) groups excluding carboxylic acids is 2. The monoisotopic (exact) mass is 376 g/mol. The van der Waals surface area contributed by atoms with E-state index >= 15 is 0 Å². The maximum absolute atomic E-state index is 12.6. The lowest BCUT2D eigenvalue weighted by molar-refractivity contribution is -0.127. The number of hydrogen-bond donors (Lipinski definition) is 1. The lowest BCUT2D eigenvalue weighted by atomic mass is 10.0. The molecule has 0 radical (unpaired) electrons. The molecule has 1 unspecified atom stereocenters. The van der Waals surface area contributed by atoms with Crippen LogP contribution in [0.15, 0.2) is 24.3 Å². The van der Waals surface area contributed by atoms with E-state index in [-0.39, 0.29) is 5.91 Å². The summed E-state index contributed by atoms with van der Waals surface area (Å²) >= 11 is 0. The van der Waals surface area contributed by atoms with Crippen molar-refractivity contribution in [3.63, 3.8) is 0 Å². The van der Waals surface area contributed by atoms with Gasteiger partial charge in [0.15, 0.2) is 0 Å². The second kappa shape index (κ2) is 9.62. The summed E-state index contributed by atoms with van der Waals surface area (Å²) in [4.78, 5) is 26.6. The molecule has 2 rings (SSSR count). The van der Waals surface area contributed by atoms with Gasteiger partial charge in [-0.3, -0.25) is 9.69 Å². The van der Waals surface area contributed by atoms with Crippen LogP contribution in [0.4, 0.5) is 4.79 Å².